The number of fused-ring (bicyclic) bond motifs is 5. The number of hydrogen-bond acceptors (Lipinski definition) is 3. The molecule has 0 aliphatic carbocycles. The monoisotopic (exact) mass is 780 g/mol. The number of hydrogen-bond donors (Lipinski definition) is 0. The first-order valence-corrected chi connectivity index (χ1v) is 20.8. The van der Waals surface area contributed by atoms with E-state index < -0.39 is 0 Å². The van der Waals surface area contributed by atoms with Gasteiger partial charge >= 0.3 is 0 Å². The van der Waals surface area contributed by atoms with Gasteiger partial charge in [0, 0.05) is 44.3 Å². The van der Waals surface area contributed by atoms with Gasteiger partial charge in [0.15, 0.2) is 5.58 Å². The molecule has 1 heterocycles. The van der Waals surface area contributed by atoms with Crippen molar-refractivity contribution in [3.05, 3.63) is 243 Å². The lowest BCUT2D eigenvalue weighted by Gasteiger charge is -2.31. The summed E-state index contributed by atoms with van der Waals surface area (Å²) in [6, 6.07) is 86.5. The van der Waals surface area contributed by atoms with Crippen LogP contribution in [-0.2, 0) is 0 Å². The van der Waals surface area contributed by atoms with Crippen LogP contribution in [0, 0.1) is 0 Å². The quantitative estimate of drug-likeness (QED) is 0.145. The summed E-state index contributed by atoms with van der Waals surface area (Å²) in [5.74, 6) is 0. The average Bonchev–Trinajstić information content (AvgIpc) is 3.73. The Morgan fingerprint density at radius 3 is 1.39 bits per heavy atom. The van der Waals surface area contributed by atoms with Crippen molar-refractivity contribution in [2.24, 2.45) is 0 Å². The first kappa shape index (κ1) is 36.0. The van der Waals surface area contributed by atoms with Crippen LogP contribution in [0.1, 0.15) is 0 Å². The number of para-hydroxylation sites is 3. The van der Waals surface area contributed by atoms with Crippen molar-refractivity contribution in [3.63, 3.8) is 0 Å². The lowest BCUT2D eigenvalue weighted by Crippen LogP contribution is -2.14. The third kappa shape index (κ3) is 6.59. The molecular weight excluding hydrogens is 741 g/mol. The highest BCUT2D eigenvalue weighted by molar-refractivity contribution is 6.19. The Hall–Kier alpha value is -8.14. The van der Waals surface area contributed by atoms with Gasteiger partial charge in [0.1, 0.15) is 5.58 Å². The molecule has 0 saturated carbocycles. The minimum absolute atomic E-state index is 0.817. The van der Waals surface area contributed by atoms with Crippen molar-refractivity contribution in [1.29, 1.82) is 0 Å². The van der Waals surface area contributed by atoms with Gasteiger partial charge in [0.25, 0.3) is 0 Å². The van der Waals surface area contributed by atoms with Crippen LogP contribution in [0.15, 0.2) is 247 Å². The highest BCUT2D eigenvalue weighted by Gasteiger charge is 2.26. The Morgan fingerprint density at radius 1 is 0.262 bits per heavy atom. The fraction of sp³-hybridized carbons (Fsp3) is 0. The first-order valence-electron chi connectivity index (χ1n) is 20.8. The first-order chi connectivity index (χ1) is 30.3. The summed E-state index contributed by atoms with van der Waals surface area (Å²) in [5.41, 5.74) is 14.7. The molecule has 288 valence electrons. The van der Waals surface area contributed by atoms with Crippen molar-refractivity contribution < 1.29 is 4.42 Å². The SMILES string of the molecule is c1ccc(-c2ccc(N(c3cc(N(c4ccccc4)c4ccccc4-c4ccccc4)c4oc5c6ccccc6ccc5c4c3)c3ccccc3-c3ccccc3)cc2)cc1. The predicted molar refractivity (Wildman–Crippen MR) is 257 cm³/mol. The molecule has 0 atom stereocenters. The molecule has 0 amide bonds. The van der Waals surface area contributed by atoms with Crippen molar-refractivity contribution in [2.75, 3.05) is 9.80 Å². The maximum Gasteiger partial charge on any atom is 0.159 e. The molecule has 0 aliphatic rings. The van der Waals surface area contributed by atoms with Gasteiger partial charge in [-0.1, -0.05) is 188 Å². The van der Waals surface area contributed by atoms with E-state index in [2.05, 4.69) is 252 Å². The van der Waals surface area contributed by atoms with Crippen LogP contribution in [0.25, 0.3) is 66.1 Å². The molecule has 0 aliphatic heterocycles. The second-order valence-corrected chi connectivity index (χ2v) is 15.3. The van der Waals surface area contributed by atoms with E-state index in [0.717, 1.165) is 94.7 Å². The molecule has 3 nitrogen and oxygen atoms in total. The van der Waals surface area contributed by atoms with E-state index in [1.807, 2.05) is 0 Å². The standard InChI is InChI=1S/C58H40N2O/c1-5-19-41(20-6-1)42-33-36-47(37-34-42)59(54-31-17-15-28-49(54)43-21-7-2-8-22-43)48-39-53-52-38-35-45-25-13-14-30-51(45)57(52)61-58(53)56(40-48)60(46-26-11-4-12-27-46)55-32-18-16-29-50(55)44-23-9-3-10-24-44/h1-40H. The van der Waals surface area contributed by atoms with E-state index in [0.29, 0.717) is 0 Å². The second kappa shape index (κ2) is 15.6. The largest absolute Gasteiger partial charge is 0.453 e. The Bertz CT molecular complexity index is 3290. The topological polar surface area (TPSA) is 19.6 Å². The van der Waals surface area contributed by atoms with Gasteiger partial charge in [-0.3, -0.25) is 0 Å². The number of benzene rings is 10. The average molecular weight is 781 g/mol. The molecular formula is C58H40N2O. The smallest absolute Gasteiger partial charge is 0.159 e. The summed E-state index contributed by atoms with van der Waals surface area (Å²) in [7, 11) is 0. The van der Waals surface area contributed by atoms with Gasteiger partial charge in [-0.2, -0.15) is 0 Å². The zero-order valence-corrected chi connectivity index (χ0v) is 33.4. The van der Waals surface area contributed by atoms with Gasteiger partial charge < -0.3 is 14.2 Å². The van der Waals surface area contributed by atoms with Crippen LogP contribution < -0.4 is 9.80 Å². The summed E-state index contributed by atoms with van der Waals surface area (Å²) in [6.07, 6.45) is 0. The Balaban J connectivity index is 1.24. The number of rotatable bonds is 9. The summed E-state index contributed by atoms with van der Waals surface area (Å²) in [6.45, 7) is 0. The molecule has 0 fully saturated rings. The zero-order valence-electron chi connectivity index (χ0n) is 33.4. The molecule has 11 aromatic rings. The van der Waals surface area contributed by atoms with Crippen LogP contribution in [0.4, 0.5) is 34.1 Å². The van der Waals surface area contributed by atoms with E-state index in [4.69, 9.17) is 4.42 Å². The molecule has 10 aromatic carbocycles. The van der Waals surface area contributed by atoms with Crippen LogP contribution >= 0.6 is 0 Å². The molecule has 0 bridgehead atoms. The maximum absolute atomic E-state index is 7.21. The summed E-state index contributed by atoms with van der Waals surface area (Å²) in [5, 5.41) is 4.33. The fourth-order valence-electron chi connectivity index (χ4n) is 8.78. The minimum atomic E-state index is 0.817. The van der Waals surface area contributed by atoms with Crippen LogP contribution in [0.2, 0.25) is 0 Å². The lowest BCUT2D eigenvalue weighted by atomic mass is 9.99. The molecule has 0 N–H and O–H groups in total. The van der Waals surface area contributed by atoms with Crippen LogP contribution in [0.5, 0.6) is 0 Å². The van der Waals surface area contributed by atoms with Crippen molar-refractivity contribution in [1.82, 2.24) is 0 Å². The molecule has 3 heteroatoms. The fourth-order valence-corrected chi connectivity index (χ4v) is 8.78. The van der Waals surface area contributed by atoms with E-state index in [-0.39, 0.29) is 0 Å². The van der Waals surface area contributed by atoms with E-state index in [9.17, 15) is 0 Å². The molecule has 0 spiro atoms. The number of nitrogens with zero attached hydrogens (tertiary/aromatic N) is 2. The summed E-state index contributed by atoms with van der Waals surface area (Å²) in [4.78, 5) is 4.78. The van der Waals surface area contributed by atoms with Crippen molar-refractivity contribution in [2.45, 2.75) is 0 Å². The van der Waals surface area contributed by atoms with Crippen molar-refractivity contribution >= 4 is 66.8 Å². The van der Waals surface area contributed by atoms with Gasteiger partial charge in [0.2, 0.25) is 0 Å². The third-order valence-electron chi connectivity index (χ3n) is 11.6. The highest BCUT2D eigenvalue weighted by atomic mass is 16.3. The number of anilines is 6. The Morgan fingerprint density at radius 2 is 0.754 bits per heavy atom. The second-order valence-electron chi connectivity index (χ2n) is 15.3. The molecule has 11 rings (SSSR count). The van der Waals surface area contributed by atoms with Crippen molar-refractivity contribution in [3.8, 4) is 33.4 Å². The maximum atomic E-state index is 7.21. The minimum Gasteiger partial charge on any atom is -0.453 e. The Kier molecular flexibility index (Phi) is 9.18. The van der Waals surface area contributed by atoms with Gasteiger partial charge in [-0.25, -0.2) is 0 Å². The zero-order chi connectivity index (χ0) is 40.5. The normalized spacial score (nSPS) is 11.3. The molecule has 0 radical (unpaired) electrons. The molecule has 0 saturated heterocycles. The molecule has 61 heavy (non-hydrogen) atoms. The van der Waals surface area contributed by atoms with E-state index in [1.54, 1.807) is 0 Å². The van der Waals surface area contributed by atoms with Crippen LogP contribution in [-0.4, -0.2) is 0 Å². The summed E-state index contributed by atoms with van der Waals surface area (Å²) < 4.78 is 7.21. The molecule has 0 unspecified atom stereocenters. The van der Waals surface area contributed by atoms with Gasteiger partial charge in [-0.05, 0) is 82.2 Å². The van der Waals surface area contributed by atoms with Gasteiger partial charge in [0.05, 0.1) is 17.1 Å². The highest BCUT2D eigenvalue weighted by Crippen LogP contribution is 2.50. The Labute approximate surface area is 355 Å². The lowest BCUT2D eigenvalue weighted by molar-refractivity contribution is 0.673. The summed E-state index contributed by atoms with van der Waals surface area (Å²) >= 11 is 0. The van der Waals surface area contributed by atoms with Crippen LogP contribution in [0.3, 0.4) is 0 Å². The van der Waals surface area contributed by atoms with E-state index in [1.165, 1.54) is 5.56 Å². The predicted octanol–water partition coefficient (Wildman–Crippen LogP) is 16.7. The third-order valence-corrected chi connectivity index (χ3v) is 11.6. The van der Waals surface area contributed by atoms with Gasteiger partial charge in [-0.15, -0.1) is 0 Å². The number of furan rings is 1. The molecule has 1 aromatic heterocycles. The van der Waals surface area contributed by atoms with E-state index >= 15 is 0 Å².